The summed E-state index contributed by atoms with van der Waals surface area (Å²) in [5.74, 6) is 0.814. The van der Waals surface area contributed by atoms with Gasteiger partial charge in [0.2, 0.25) is 0 Å². The van der Waals surface area contributed by atoms with E-state index in [0.717, 1.165) is 23.0 Å². The van der Waals surface area contributed by atoms with Gasteiger partial charge in [-0.15, -0.1) is 0 Å². The molecule has 0 aliphatic carbocycles. The minimum atomic E-state index is -2.83. The molecule has 0 amide bonds. The summed E-state index contributed by atoms with van der Waals surface area (Å²) in [6, 6.07) is 8.23. The molecule has 100 valence electrons. The molecule has 1 heterocycles. The lowest BCUT2D eigenvalue weighted by Gasteiger charge is -2.24. The van der Waals surface area contributed by atoms with Crippen LogP contribution >= 0.6 is 15.9 Å². The Kier molecular flexibility index (Phi) is 4.45. The second kappa shape index (κ2) is 5.72. The van der Waals surface area contributed by atoms with Crippen LogP contribution in [0.15, 0.2) is 28.7 Å². The second-order valence-corrected chi connectivity index (χ2v) is 7.90. The number of sulfone groups is 1. The highest BCUT2D eigenvalue weighted by atomic mass is 79.9. The summed E-state index contributed by atoms with van der Waals surface area (Å²) >= 11 is 3.47. The molecule has 18 heavy (non-hydrogen) atoms. The van der Waals surface area contributed by atoms with E-state index in [4.69, 9.17) is 0 Å². The molecule has 1 aromatic rings. The first-order valence-electron chi connectivity index (χ1n) is 6.21. The molecule has 2 atom stereocenters. The van der Waals surface area contributed by atoms with Crippen molar-refractivity contribution in [2.24, 2.45) is 5.92 Å². The van der Waals surface area contributed by atoms with Crippen molar-refractivity contribution in [2.75, 3.05) is 18.1 Å². The lowest BCUT2D eigenvalue weighted by atomic mass is 9.92. The monoisotopic (exact) mass is 331 g/mol. The summed E-state index contributed by atoms with van der Waals surface area (Å²) in [6.07, 6.45) is 0.756. The maximum Gasteiger partial charge on any atom is 0.150 e. The quantitative estimate of drug-likeness (QED) is 0.922. The van der Waals surface area contributed by atoms with Crippen LogP contribution in [-0.4, -0.2) is 26.5 Å². The Hall–Kier alpha value is -0.390. The molecule has 0 saturated carbocycles. The van der Waals surface area contributed by atoms with Gasteiger partial charge in [-0.2, -0.15) is 0 Å². The Morgan fingerprint density at radius 3 is 2.83 bits per heavy atom. The standard InChI is InChI=1S/C13H18BrNO2S/c1-2-15-13(10-4-3-5-12(14)8-10)11-6-7-18(16,17)9-11/h3-5,8,11,13,15H,2,6-7,9H2,1H3. The summed E-state index contributed by atoms with van der Waals surface area (Å²) < 4.78 is 24.3. The smallest absolute Gasteiger partial charge is 0.150 e. The number of hydrogen-bond donors (Lipinski definition) is 1. The van der Waals surface area contributed by atoms with Crippen molar-refractivity contribution in [3.8, 4) is 0 Å². The third-order valence-corrected chi connectivity index (χ3v) is 5.66. The van der Waals surface area contributed by atoms with Gasteiger partial charge < -0.3 is 5.32 Å². The van der Waals surface area contributed by atoms with Crippen LogP contribution in [-0.2, 0) is 9.84 Å². The SMILES string of the molecule is CCNC(c1cccc(Br)c1)C1CCS(=O)(=O)C1. The van der Waals surface area contributed by atoms with Crippen LogP contribution in [0, 0.1) is 5.92 Å². The third kappa shape index (κ3) is 3.33. The summed E-state index contributed by atoms with van der Waals surface area (Å²) in [5, 5.41) is 3.42. The number of rotatable bonds is 4. The molecule has 5 heteroatoms. The molecule has 1 aliphatic heterocycles. The second-order valence-electron chi connectivity index (χ2n) is 4.75. The minimum absolute atomic E-state index is 0.129. The van der Waals surface area contributed by atoms with Crippen molar-refractivity contribution in [2.45, 2.75) is 19.4 Å². The van der Waals surface area contributed by atoms with E-state index < -0.39 is 9.84 Å². The van der Waals surface area contributed by atoms with E-state index in [1.54, 1.807) is 0 Å². The average molecular weight is 332 g/mol. The van der Waals surface area contributed by atoms with E-state index in [2.05, 4.69) is 40.3 Å². The summed E-state index contributed by atoms with van der Waals surface area (Å²) in [5.41, 5.74) is 1.16. The molecule has 0 radical (unpaired) electrons. The first-order valence-corrected chi connectivity index (χ1v) is 8.82. The van der Waals surface area contributed by atoms with Crippen molar-refractivity contribution < 1.29 is 8.42 Å². The lowest BCUT2D eigenvalue weighted by molar-refractivity contribution is 0.400. The highest BCUT2D eigenvalue weighted by Gasteiger charge is 2.34. The number of nitrogens with one attached hydrogen (secondary N) is 1. The van der Waals surface area contributed by atoms with E-state index >= 15 is 0 Å². The molecule has 3 nitrogen and oxygen atoms in total. The molecule has 1 N–H and O–H groups in total. The van der Waals surface area contributed by atoms with E-state index in [1.165, 1.54) is 0 Å². The van der Waals surface area contributed by atoms with Gasteiger partial charge in [-0.3, -0.25) is 0 Å². The highest BCUT2D eigenvalue weighted by Crippen LogP contribution is 2.32. The molecular weight excluding hydrogens is 314 g/mol. The van der Waals surface area contributed by atoms with Gasteiger partial charge in [-0.1, -0.05) is 35.0 Å². The molecule has 0 aromatic heterocycles. The van der Waals surface area contributed by atoms with Crippen molar-refractivity contribution in [1.29, 1.82) is 0 Å². The fourth-order valence-corrected chi connectivity index (χ4v) is 4.82. The molecule has 1 aliphatic rings. The van der Waals surface area contributed by atoms with Crippen molar-refractivity contribution in [3.63, 3.8) is 0 Å². The molecule has 0 bridgehead atoms. The maximum absolute atomic E-state index is 11.6. The zero-order chi connectivity index (χ0) is 13.2. The fourth-order valence-electron chi connectivity index (χ4n) is 2.56. The van der Waals surface area contributed by atoms with Gasteiger partial charge in [0, 0.05) is 10.5 Å². The van der Waals surface area contributed by atoms with Gasteiger partial charge in [0.1, 0.15) is 0 Å². The zero-order valence-corrected chi connectivity index (χ0v) is 12.8. The number of benzene rings is 1. The van der Waals surface area contributed by atoms with E-state index in [9.17, 15) is 8.42 Å². The molecule has 1 aromatic carbocycles. The molecular formula is C13H18BrNO2S. The van der Waals surface area contributed by atoms with Crippen LogP contribution in [0.3, 0.4) is 0 Å². The van der Waals surface area contributed by atoms with Crippen LogP contribution in [0.5, 0.6) is 0 Å². The van der Waals surface area contributed by atoms with Gasteiger partial charge in [-0.05, 0) is 36.6 Å². The molecule has 1 saturated heterocycles. The van der Waals surface area contributed by atoms with Gasteiger partial charge in [0.05, 0.1) is 11.5 Å². The van der Waals surface area contributed by atoms with Crippen LogP contribution in [0.4, 0.5) is 0 Å². The van der Waals surface area contributed by atoms with Crippen LogP contribution in [0.2, 0.25) is 0 Å². The van der Waals surface area contributed by atoms with Crippen molar-refractivity contribution in [1.82, 2.24) is 5.32 Å². The summed E-state index contributed by atoms with van der Waals surface area (Å²) in [4.78, 5) is 0. The Balaban J connectivity index is 2.24. The predicted octanol–water partition coefficient (Wildman–Crippen LogP) is 2.53. The van der Waals surface area contributed by atoms with Crippen molar-refractivity contribution in [3.05, 3.63) is 34.3 Å². The Morgan fingerprint density at radius 1 is 1.50 bits per heavy atom. The largest absolute Gasteiger partial charge is 0.310 e. The average Bonchev–Trinajstić information content (AvgIpc) is 2.66. The first-order chi connectivity index (χ1) is 8.52. The minimum Gasteiger partial charge on any atom is -0.310 e. The van der Waals surface area contributed by atoms with Gasteiger partial charge in [0.25, 0.3) is 0 Å². The Bertz CT molecular complexity index is 515. The van der Waals surface area contributed by atoms with Gasteiger partial charge in [0.15, 0.2) is 9.84 Å². The predicted molar refractivity (Wildman–Crippen MR) is 77.3 cm³/mol. The summed E-state index contributed by atoms with van der Waals surface area (Å²) in [7, 11) is -2.83. The summed E-state index contributed by atoms with van der Waals surface area (Å²) in [6.45, 7) is 2.89. The molecule has 2 rings (SSSR count). The lowest BCUT2D eigenvalue weighted by Crippen LogP contribution is -2.29. The highest BCUT2D eigenvalue weighted by molar-refractivity contribution is 9.10. The van der Waals surface area contributed by atoms with Gasteiger partial charge in [-0.25, -0.2) is 8.42 Å². The fraction of sp³-hybridized carbons (Fsp3) is 0.538. The van der Waals surface area contributed by atoms with E-state index in [0.29, 0.717) is 11.5 Å². The van der Waals surface area contributed by atoms with Crippen LogP contribution in [0.25, 0.3) is 0 Å². The van der Waals surface area contributed by atoms with E-state index in [1.807, 2.05) is 12.1 Å². The first kappa shape index (κ1) is 14.0. The zero-order valence-electron chi connectivity index (χ0n) is 10.4. The molecule has 1 fully saturated rings. The topological polar surface area (TPSA) is 46.2 Å². The van der Waals surface area contributed by atoms with E-state index in [-0.39, 0.29) is 12.0 Å². The normalized spacial score (nSPS) is 24.0. The number of hydrogen-bond acceptors (Lipinski definition) is 3. The third-order valence-electron chi connectivity index (χ3n) is 3.37. The Labute approximate surface area is 117 Å². The van der Waals surface area contributed by atoms with Crippen LogP contribution < -0.4 is 5.32 Å². The van der Waals surface area contributed by atoms with Crippen LogP contribution in [0.1, 0.15) is 24.9 Å². The van der Waals surface area contributed by atoms with Crippen molar-refractivity contribution >= 4 is 25.8 Å². The molecule has 2 unspecified atom stereocenters. The maximum atomic E-state index is 11.6. The molecule has 0 spiro atoms. The number of halogens is 1. The Morgan fingerprint density at radius 2 is 2.28 bits per heavy atom. The van der Waals surface area contributed by atoms with Gasteiger partial charge >= 0.3 is 0 Å².